The Kier molecular flexibility index (Phi) is 5.70. The van der Waals surface area contributed by atoms with Gasteiger partial charge in [-0.2, -0.15) is 4.68 Å². The Morgan fingerprint density at radius 2 is 1.87 bits per heavy atom. The van der Waals surface area contributed by atoms with Crippen molar-refractivity contribution in [2.45, 2.75) is 38.8 Å². The number of hydrogen-bond acceptors (Lipinski definition) is 4. The first-order chi connectivity index (χ1) is 14.6. The topological polar surface area (TPSA) is 78.2 Å². The van der Waals surface area contributed by atoms with Gasteiger partial charge in [0, 0.05) is 12.5 Å². The van der Waals surface area contributed by atoms with E-state index in [4.69, 9.17) is 4.74 Å². The van der Waals surface area contributed by atoms with Crippen LogP contribution in [-0.4, -0.2) is 33.4 Å². The molecule has 1 aliphatic rings. The van der Waals surface area contributed by atoms with Crippen LogP contribution in [0, 0.1) is 5.92 Å². The molecule has 0 saturated heterocycles. The van der Waals surface area contributed by atoms with Gasteiger partial charge in [-0.3, -0.25) is 9.36 Å². The third-order valence-corrected chi connectivity index (χ3v) is 5.48. The molecule has 3 aromatic rings. The van der Waals surface area contributed by atoms with Gasteiger partial charge in [0.15, 0.2) is 0 Å². The van der Waals surface area contributed by atoms with Crippen molar-refractivity contribution in [1.29, 1.82) is 0 Å². The Labute approximate surface area is 175 Å². The van der Waals surface area contributed by atoms with E-state index in [0.29, 0.717) is 29.6 Å². The number of hydrogen-bond donors (Lipinski definition) is 1. The van der Waals surface area contributed by atoms with Gasteiger partial charge >= 0.3 is 5.69 Å². The summed E-state index contributed by atoms with van der Waals surface area (Å²) in [6.07, 6.45) is 2.74. The van der Waals surface area contributed by atoms with Gasteiger partial charge in [-0.25, -0.2) is 4.79 Å². The largest absolute Gasteiger partial charge is 0.494 e. The van der Waals surface area contributed by atoms with Crippen LogP contribution in [-0.2, 0) is 17.8 Å². The molecule has 4 rings (SSSR count). The van der Waals surface area contributed by atoms with Gasteiger partial charge in [-0.05, 0) is 43.4 Å². The Morgan fingerprint density at radius 1 is 1.17 bits per heavy atom. The fraction of sp³-hybridized carbons (Fsp3) is 0.348. The van der Waals surface area contributed by atoms with Gasteiger partial charge in [0.2, 0.25) is 5.91 Å². The van der Waals surface area contributed by atoms with Crippen molar-refractivity contribution in [2.75, 3.05) is 7.11 Å². The second-order valence-corrected chi connectivity index (χ2v) is 7.72. The average molecular weight is 406 g/mol. The predicted molar refractivity (Wildman–Crippen MR) is 114 cm³/mol. The summed E-state index contributed by atoms with van der Waals surface area (Å²) in [4.78, 5) is 25.9. The summed E-state index contributed by atoms with van der Waals surface area (Å²) >= 11 is 0. The highest BCUT2D eigenvalue weighted by Crippen LogP contribution is 2.32. The highest BCUT2D eigenvalue weighted by Gasteiger charge is 2.29. The number of nitrogens with zero attached hydrogens (tertiary/aromatic N) is 3. The molecular weight excluding hydrogens is 380 g/mol. The minimum absolute atomic E-state index is 0.0623. The van der Waals surface area contributed by atoms with E-state index in [1.54, 1.807) is 19.2 Å². The molecule has 1 atom stereocenters. The summed E-state index contributed by atoms with van der Waals surface area (Å²) in [7, 11) is 1.55. The van der Waals surface area contributed by atoms with E-state index in [9.17, 15) is 9.59 Å². The van der Waals surface area contributed by atoms with E-state index in [1.807, 2.05) is 49.4 Å². The standard InChI is InChI=1S/C23H26N4O3/c1-16(18-12-13-18)24-22(28)15-26-21(14-17-8-4-3-5-9-17)25-27(23(26)29)19-10-6-7-11-20(19)30-2/h3-11,16,18H,12-15H2,1-2H3,(H,24,28)/t16-/m0/s1. The Balaban J connectivity index is 1.69. The quantitative estimate of drug-likeness (QED) is 0.624. The molecule has 1 amide bonds. The smallest absolute Gasteiger partial charge is 0.351 e. The lowest BCUT2D eigenvalue weighted by molar-refractivity contribution is -0.122. The lowest BCUT2D eigenvalue weighted by atomic mass is 10.1. The van der Waals surface area contributed by atoms with Crippen LogP contribution >= 0.6 is 0 Å². The molecule has 1 saturated carbocycles. The van der Waals surface area contributed by atoms with Crippen molar-refractivity contribution in [2.24, 2.45) is 5.92 Å². The molecule has 0 radical (unpaired) electrons. The summed E-state index contributed by atoms with van der Waals surface area (Å²) in [5.74, 6) is 1.45. The number of carbonyl (C=O) groups excluding carboxylic acids is 1. The Bertz CT molecular complexity index is 1080. The molecule has 0 aliphatic heterocycles. The number of rotatable bonds is 8. The second-order valence-electron chi connectivity index (χ2n) is 7.72. The molecule has 1 N–H and O–H groups in total. The van der Waals surface area contributed by atoms with Crippen molar-refractivity contribution in [3.05, 3.63) is 76.5 Å². The lowest BCUT2D eigenvalue weighted by Gasteiger charge is -2.13. The van der Waals surface area contributed by atoms with Gasteiger partial charge < -0.3 is 10.1 Å². The van der Waals surface area contributed by atoms with Gasteiger partial charge in [-0.1, -0.05) is 42.5 Å². The van der Waals surface area contributed by atoms with Crippen molar-refractivity contribution in [3.8, 4) is 11.4 Å². The maximum atomic E-state index is 13.2. The molecule has 7 nitrogen and oxygen atoms in total. The van der Waals surface area contributed by atoms with Crippen molar-refractivity contribution >= 4 is 5.91 Å². The van der Waals surface area contributed by atoms with Gasteiger partial charge in [0.1, 0.15) is 23.8 Å². The molecule has 2 aromatic carbocycles. The Hall–Kier alpha value is -3.35. The summed E-state index contributed by atoms with van der Waals surface area (Å²) in [5, 5.41) is 7.59. The van der Waals surface area contributed by atoms with E-state index >= 15 is 0 Å². The van der Waals surface area contributed by atoms with E-state index in [0.717, 1.165) is 18.4 Å². The first kappa shape index (κ1) is 19.9. The number of ether oxygens (including phenoxy) is 1. The SMILES string of the molecule is COc1ccccc1-n1nc(Cc2ccccc2)n(CC(=O)N[C@@H](C)C2CC2)c1=O. The van der Waals surface area contributed by atoms with E-state index in [-0.39, 0.29) is 24.2 Å². The number of nitrogens with one attached hydrogen (secondary N) is 1. The van der Waals surface area contributed by atoms with Crippen LogP contribution in [0.3, 0.4) is 0 Å². The maximum Gasteiger partial charge on any atom is 0.351 e. The van der Waals surface area contributed by atoms with E-state index in [2.05, 4.69) is 10.4 Å². The normalized spacial score (nSPS) is 14.3. The van der Waals surface area contributed by atoms with Gasteiger partial charge in [0.25, 0.3) is 0 Å². The van der Waals surface area contributed by atoms with Crippen LogP contribution in [0.25, 0.3) is 5.69 Å². The van der Waals surface area contributed by atoms with Crippen LogP contribution in [0.15, 0.2) is 59.4 Å². The van der Waals surface area contributed by atoms with E-state index < -0.39 is 0 Å². The number of benzene rings is 2. The summed E-state index contributed by atoms with van der Waals surface area (Å²) in [5.41, 5.74) is 1.20. The molecule has 1 aromatic heterocycles. The molecule has 1 heterocycles. The minimum atomic E-state index is -0.361. The fourth-order valence-corrected chi connectivity index (χ4v) is 3.62. The van der Waals surface area contributed by atoms with Crippen LogP contribution in [0.5, 0.6) is 5.75 Å². The highest BCUT2D eigenvalue weighted by molar-refractivity contribution is 5.76. The molecule has 156 valence electrons. The van der Waals surface area contributed by atoms with Gasteiger partial charge in [-0.15, -0.1) is 5.10 Å². The summed E-state index contributed by atoms with van der Waals surface area (Å²) in [6.45, 7) is 1.95. The zero-order valence-electron chi connectivity index (χ0n) is 17.2. The van der Waals surface area contributed by atoms with Crippen LogP contribution in [0.4, 0.5) is 0 Å². The first-order valence-electron chi connectivity index (χ1n) is 10.2. The van der Waals surface area contributed by atoms with Crippen LogP contribution in [0.1, 0.15) is 31.2 Å². The molecule has 0 unspecified atom stereocenters. The van der Waals surface area contributed by atoms with Crippen molar-refractivity contribution < 1.29 is 9.53 Å². The molecule has 0 bridgehead atoms. The number of para-hydroxylation sites is 2. The second kappa shape index (κ2) is 8.57. The summed E-state index contributed by atoms with van der Waals surface area (Å²) in [6, 6.07) is 17.1. The third-order valence-electron chi connectivity index (χ3n) is 5.48. The van der Waals surface area contributed by atoms with Gasteiger partial charge in [0.05, 0.1) is 7.11 Å². The average Bonchev–Trinajstić information content (AvgIpc) is 3.57. The highest BCUT2D eigenvalue weighted by atomic mass is 16.5. The molecule has 1 fully saturated rings. The maximum absolute atomic E-state index is 13.2. The zero-order valence-corrected chi connectivity index (χ0v) is 17.2. The Morgan fingerprint density at radius 3 is 2.57 bits per heavy atom. The van der Waals surface area contributed by atoms with Crippen molar-refractivity contribution in [1.82, 2.24) is 19.7 Å². The third kappa shape index (κ3) is 4.30. The fourth-order valence-electron chi connectivity index (χ4n) is 3.62. The number of carbonyl (C=O) groups is 1. The number of aromatic nitrogens is 3. The van der Waals surface area contributed by atoms with Crippen LogP contribution < -0.4 is 15.7 Å². The van der Waals surface area contributed by atoms with Crippen LogP contribution in [0.2, 0.25) is 0 Å². The first-order valence-corrected chi connectivity index (χ1v) is 10.2. The number of amides is 1. The molecule has 7 heteroatoms. The number of methoxy groups -OCH3 is 1. The predicted octanol–water partition coefficient (Wildman–Crippen LogP) is 2.55. The molecule has 30 heavy (non-hydrogen) atoms. The van der Waals surface area contributed by atoms with E-state index in [1.165, 1.54) is 9.25 Å². The summed E-state index contributed by atoms with van der Waals surface area (Å²) < 4.78 is 8.17. The zero-order chi connectivity index (χ0) is 21.1. The molecular formula is C23H26N4O3. The monoisotopic (exact) mass is 406 g/mol. The van der Waals surface area contributed by atoms with Crippen molar-refractivity contribution in [3.63, 3.8) is 0 Å². The lowest BCUT2D eigenvalue weighted by Crippen LogP contribution is -2.39. The molecule has 0 spiro atoms. The molecule has 1 aliphatic carbocycles. The minimum Gasteiger partial charge on any atom is -0.494 e.